The Morgan fingerprint density at radius 1 is 1.12 bits per heavy atom. The lowest BCUT2D eigenvalue weighted by atomic mass is 9.85. The Balaban J connectivity index is 0.00000144. The van der Waals surface area contributed by atoms with Crippen molar-refractivity contribution in [1.29, 1.82) is 0 Å². The molecule has 1 atom stereocenters. The number of benzene rings is 1. The maximum absolute atomic E-state index is 5.59. The van der Waals surface area contributed by atoms with E-state index in [1.54, 1.807) is 0 Å². The SMILES string of the molecule is CCOc1ccc([C@@H](C2CCOCC2)N2CCNCC2)cc1.Cl.Cl. The molecule has 0 unspecified atom stereocenters. The summed E-state index contributed by atoms with van der Waals surface area (Å²) in [6.45, 7) is 9.02. The molecule has 0 radical (unpaired) electrons. The molecule has 138 valence electrons. The molecular formula is C18H30Cl2N2O2. The van der Waals surface area contributed by atoms with E-state index in [2.05, 4.69) is 34.5 Å². The average molecular weight is 377 g/mol. The van der Waals surface area contributed by atoms with Crippen molar-refractivity contribution in [2.75, 3.05) is 46.0 Å². The maximum Gasteiger partial charge on any atom is 0.119 e. The van der Waals surface area contributed by atoms with Gasteiger partial charge in [0, 0.05) is 45.4 Å². The van der Waals surface area contributed by atoms with E-state index in [-0.39, 0.29) is 24.8 Å². The summed E-state index contributed by atoms with van der Waals surface area (Å²) in [5, 5.41) is 3.46. The van der Waals surface area contributed by atoms with Crippen molar-refractivity contribution in [3.63, 3.8) is 0 Å². The van der Waals surface area contributed by atoms with Crippen LogP contribution in [0.15, 0.2) is 24.3 Å². The minimum absolute atomic E-state index is 0. The zero-order valence-corrected chi connectivity index (χ0v) is 16.0. The van der Waals surface area contributed by atoms with Crippen molar-refractivity contribution in [2.45, 2.75) is 25.8 Å². The third-order valence-corrected chi connectivity index (χ3v) is 4.79. The molecule has 6 heteroatoms. The second kappa shape index (κ2) is 11.2. The van der Waals surface area contributed by atoms with Gasteiger partial charge in [0.2, 0.25) is 0 Å². The fourth-order valence-corrected chi connectivity index (χ4v) is 3.70. The summed E-state index contributed by atoms with van der Waals surface area (Å²) in [4.78, 5) is 2.65. The lowest BCUT2D eigenvalue weighted by molar-refractivity contribution is 0.0213. The van der Waals surface area contributed by atoms with Crippen LogP contribution in [0.1, 0.15) is 31.4 Å². The van der Waals surface area contributed by atoms with Crippen LogP contribution in [0.5, 0.6) is 5.75 Å². The van der Waals surface area contributed by atoms with Gasteiger partial charge in [0.15, 0.2) is 0 Å². The Kier molecular flexibility index (Phi) is 10.0. The first kappa shape index (κ1) is 21.5. The number of nitrogens with one attached hydrogen (secondary N) is 1. The standard InChI is InChI=1S/C18H28N2O2.2ClH/c1-2-22-17-5-3-15(4-6-17)18(16-7-13-21-14-8-16)20-11-9-19-10-12-20;;/h3-6,16,18-19H,2,7-14H2,1H3;2*1H/t18-;;/m0../s1. The van der Waals surface area contributed by atoms with E-state index >= 15 is 0 Å². The first-order valence-corrected chi connectivity index (χ1v) is 8.63. The number of nitrogens with zero attached hydrogens (tertiary/aromatic N) is 1. The minimum atomic E-state index is 0. The minimum Gasteiger partial charge on any atom is -0.494 e. The highest BCUT2D eigenvalue weighted by molar-refractivity contribution is 5.85. The molecule has 1 aromatic carbocycles. The van der Waals surface area contributed by atoms with Crippen LogP contribution in [0.2, 0.25) is 0 Å². The quantitative estimate of drug-likeness (QED) is 0.854. The predicted octanol–water partition coefficient (Wildman–Crippen LogP) is 3.30. The number of hydrogen-bond acceptors (Lipinski definition) is 4. The molecule has 0 amide bonds. The fraction of sp³-hybridized carbons (Fsp3) is 0.667. The van der Waals surface area contributed by atoms with Crippen LogP contribution in [-0.4, -0.2) is 50.9 Å². The fourth-order valence-electron chi connectivity index (χ4n) is 3.70. The van der Waals surface area contributed by atoms with Gasteiger partial charge < -0.3 is 14.8 Å². The molecule has 0 aromatic heterocycles. The van der Waals surface area contributed by atoms with Crippen molar-refractivity contribution in [1.82, 2.24) is 10.2 Å². The van der Waals surface area contributed by atoms with Gasteiger partial charge in [0.1, 0.15) is 5.75 Å². The van der Waals surface area contributed by atoms with Crippen LogP contribution in [0.3, 0.4) is 0 Å². The first-order valence-electron chi connectivity index (χ1n) is 8.63. The van der Waals surface area contributed by atoms with E-state index in [0.29, 0.717) is 12.0 Å². The van der Waals surface area contributed by atoms with Gasteiger partial charge >= 0.3 is 0 Å². The number of halogens is 2. The van der Waals surface area contributed by atoms with Gasteiger partial charge in [0.05, 0.1) is 6.61 Å². The molecule has 0 saturated carbocycles. The van der Waals surface area contributed by atoms with E-state index in [4.69, 9.17) is 9.47 Å². The van der Waals surface area contributed by atoms with Crippen LogP contribution < -0.4 is 10.1 Å². The van der Waals surface area contributed by atoms with Crippen LogP contribution >= 0.6 is 24.8 Å². The van der Waals surface area contributed by atoms with E-state index in [1.165, 1.54) is 18.4 Å². The van der Waals surface area contributed by atoms with Crippen molar-refractivity contribution in [3.05, 3.63) is 29.8 Å². The number of rotatable bonds is 5. The Bertz CT molecular complexity index is 429. The highest BCUT2D eigenvalue weighted by atomic mass is 35.5. The van der Waals surface area contributed by atoms with Crippen molar-refractivity contribution in [3.8, 4) is 5.75 Å². The summed E-state index contributed by atoms with van der Waals surface area (Å²) >= 11 is 0. The Morgan fingerprint density at radius 2 is 1.75 bits per heavy atom. The summed E-state index contributed by atoms with van der Waals surface area (Å²) in [6, 6.07) is 9.27. The van der Waals surface area contributed by atoms with Crippen LogP contribution in [0.4, 0.5) is 0 Å². The second-order valence-corrected chi connectivity index (χ2v) is 6.18. The van der Waals surface area contributed by atoms with Crippen LogP contribution in [-0.2, 0) is 4.74 Å². The highest BCUT2D eigenvalue weighted by Crippen LogP contribution is 2.35. The topological polar surface area (TPSA) is 33.7 Å². The van der Waals surface area contributed by atoms with Gasteiger partial charge in [0.25, 0.3) is 0 Å². The Labute approximate surface area is 158 Å². The van der Waals surface area contributed by atoms with Crippen LogP contribution in [0, 0.1) is 5.92 Å². The van der Waals surface area contributed by atoms with Crippen LogP contribution in [0.25, 0.3) is 0 Å². The summed E-state index contributed by atoms with van der Waals surface area (Å²) in [5.74, 6) is 1.67. The third kappa shape index (κ3) is 5.50. The Hall–Kier alpha value is -0.520. The van der Waals surface area contributed by atoms with Gasteiger partial charge in [-0.3, -0.25) is 4.90 Å². The zero-order valence-electron chi connectivity index (χ0n) is 14.4. The predicted molar refractivity (Wildman–Crippen MR) is 103 cm³/mol. The molecule has 2 aliphatic heterocycles. The summed E-state index contributed by atoms with van der Waals surface area (Å²) in [5.41, 5.74) is 1.43. The lowest BCUT2D eigenvalue weighted by Crippen LogP contribution is -2.47. The summed E-state index contributed by atoms with van der Waals surface area (Å²) < 4.78 is 11.2. The molecule has 2 heterocycles. The summed E-state index contributed by atoms with van der Waals surface area (Å²) in [7, 11) is 0. The van der Waals surface area contributed by atoms with Gasteiger partial charge in [-0.25, -0.2) is 0 Å². The normalized spacial score (nSPS) is 20.5. The molecule has 1 N–H and O–H groups in total. The third-order valence-electron chi connectivity index (χ3n) is 4.79. The monoisotopic (exact) mass is 376 g/mol. The lowest BCUT2D eigenvalue weighted by Gasteiger charge is -2.41. The zero-order chi connectivity index (χ0) is 15.2. The molecule has 2 aliphatic rings. The largest absolute Gasteiger partial charge is 0.494 e. The Morgan fingerprint density at radius 3 is 2.33 bits per heavy atom. The molecular weight excluding hydrogens is 347 g/mol. The van der Waals surface area contributed by atoms with Crippen molar-refractivity contribution >= 4 is 24.8 Å². The van der Waals surface area contributed by atoms with E-state index in [9.17, 15) is 0 Å². The molecule has 2 saturated heterocycles. The molecule has 1 aromatic rings. The molecule has 3 rings (SSSR count). The first-order chi connectivity index (χ1) is 10.9. The number of piperazine rings is 1. The van der Waals surface area contributed by atoms with Gasteiger partial charge in [-0.1, -0.05) is 12.1 Å². The molecule has 0 bridgehead atoms. The second-order valence-electron chi connectivity index (χ2n) is 6.18. The highest BCUT2D eigenvalue weighted by Gasteiger charge is 2.31. The van der Waals surface area contributed by atoms with Crippen molar-refractivity contribution in [2.24, 2.45) is 5.92 Å². The molecule has 2 fully saturated rings. The van der Waals surface area contributed by atoms with E-state index in [0.717, 1.165) is 51.7 Å². The molecule has 24 heavy (non-hydrogen) atoms. The van der Waals surface area contributed by atoms with Gasteiger partial charge in [-0.2, -0.15) is 0 Å². The molecule has 4 nitrogen and oxygen atoms in total. The smallest absolute Gasteiger partial charge is 0.119 e. The molecule has 0 spiro atoms. The number of hydrogen-bond donors (Lipinski definition) is 1. The number of ether oxygens (including phenoxy) is 2. The average Bonchev–Trinajstić information content (AvgIpc) is 2.59. The van der Waals surface area contributed by atoms with Gasteiger partial charge in [-0.15, -0.1) is 24.8 Å². The van der Waals surface area contributed by atoms with E-state index < -0.39 is 0 Å². The summed E-state index contributed by atoms with van der Waals surface area (Å²) in [6.07, 6.45) is 2.34. The van der Waals surface area contributed by atoms with Crippen molar-refractivity contribution < 1.29 is 9.47 Å². The van der Waals surface area contributed by atoms with E-state index in [1.807, 2.05) is 6.92 Å². The maximum atomic E-state index is 5.59. The van der Waals surface area contributed by atoms with Gasteiger partial charge in [-0.05, 0) is 43.4 Å². The molecule has 0 aliphatic carbocycles.